The maximum atomic E-state index is 12.5. The molecule has 0 saturated carbocycles. The molecule has 1 aliphatic rings. The average Bonchev–Trinajstić information content (AvgIpc) is 2.71. The first-order valence-electron chi connectivity index (χ1n) is 6.84. The van der Waals surface area contributed by atoms with Crippen LogP contribution in [0.25, 0.3) is 0 Å². The van der Waals surface area contributed by atoms with Crippen LogP contribution in [0, 0.1) is 0 Å². The van der Waals surface area contributed by atoms with Gasteiger partial charge in [-0.25, -0.2) is 8.78 Å². The number of nitrogens with zero attached hydrogens (tertiary/aromatic N) is 2. The molecule has 0 bridgehead atoms. The highest BCUT2D eigenvalue weighted by molar-refractivity contribution is 5.92. The zero-order valence-corrected chi connectivity index (χ0v) is 11.6. The van der Waals surface area contributed by atoms with E-state index in [-0.39, 0.29) is 11.6 Å². The van der Waals surface area contributed by atoms with Crippen LogP contribution in [0.15, 0.2) is 18.3 Å². The van der Waals surface area contributed by atoms with Crippen molar-refractivity contribution in [3.63, 3.8) is 0 Å². The van der Waals surface area contributed by atoms with Crippen molar-refractivity contribution in [2.24, 2.45) is 0 Å². The van der Waals surface area contributed by atoms with Gasteiger partial charge in [-0.3, -0.25) is 4.79 Å². The normalized spacial score (nSPS) is 23.9. The van der Waals surface area contributed by atoms with Gasteiger partial charge in [0.1, 0.15) is 5.69 Å². The molecule has 1 atom stereocenters. The van der Waals surface area contributed by atoms with E-state index in [1.165, 1.54) is 10.8 Å². The number of aromatic nitrogens is 1. The van der Waals surface area contributed by atoms with Crippen molar-refractivity contribution in [1.29, 1.82) is 0 Å². The standard InChI is InChI=1S/C14H20F2N2O2/c1-14(20)5-3-8-17(9-6-14)13(19)11-4-2-7-18(11)10-12(15)16/h2,4,7,12,20H,3,5-6,8-10H2,1H3. The summed E-state index contributed by atoms with van der Waals surface area (Å²) in [6, 6.07) is 3.16. The Hall–Kier alpha value is -1.43. The number of carbonyl (C=O) groups is 1. The summed E-state index contributed by atoms with van der Waals surface area (Å²) >= 11 is 0. The number of halogens is 2. The summed E-state index contributed by atoms with van der Waals surface area (Å²) in [5.41, 5.74) is -0.466. The maximum Gasteiger partial charge on any atom is 0.270 e. The van der Waals surface area contributed by atoms with Crippen molar-refractivity contribution in [2.45, 2.75) is 44.8 Å². The predicted molar refractivity (Wildman–Crippen MR) is 70.8 cm³/mol. The lowest BCUT2D eigenvalue weighted by atomic mass is 9.98. The van der Waals surface area contributed by atoms with E-state index in [1.54, 1.807) is 24.0 Å². The van der Waals surface area contributed by atoms with Crippen LogP contribution in [0.4, 0.5) is 8.78 Å². The molecule has 1 saturated heterocycles. The molecule has 1 unspecified atom stereocenters. The molecular weight excluding hydrogens is 266 g/mol. The summed E-state index contributed by atoms with van der Waals surface area (Å²) in [7, 11) is 0. The molecule has 0 aromatic carbocycles. The second-order valence-corrected chi connectivity index (χ2v) is 5.58. The Balaban J connectivity index is 2.09. The molecule has 0 aliphatic carbocycles. The smallest absolute Gasteiger partial charge is 0.270 e. The largest absolute Gasteiger partial charge is 0.390 e. The molecule has 1 fully saturated rings. The Kier molecular flexibility index (Phi) is 4.42. The van der Waals surface area contributed by atoms with Crippen molar-refractivity contribution < 1.29 is 18.7 Å². The van der Waals surface area contributed by atoms with Gasteiger partial charge in [-0.05, 0) is 38.3 Å². The van der Waals surface area contributed by atoms with E-state index in [1.807, 2.05) is 0 Å². The highest BCUT2D eigenvalue weighted by Crippen LogP contribution is 2.22. The number of hydrogen-bond acceptors (Lipinski definition) is 2. The van der Waals surface area contributed by atoms with Gasteiger partial charge >= 0.3 is 0 Å². The van der Waals surface area contributed by atoms with Gasteiger partial charge in [-0.1, -0.05) is 0 Å². The van der Waals surface area contributed by atoms with Crippen LogP contribution in [0.2, 0.25) is 0 Å². The van der Waals surface area contributed by atoms with Gasteiger partial charge in [-0.2, -0.15) is 0 Å². The summed E-state index contributed by atoms with van der Waals surface area (Å²) in [5, 5.41) is 10.0. The highest BCUT2D eigenvalue weighted by atomic mass is 19.3. The number of amides is 1. The Morgan fingerprint density at radius 3 is 2.90 bits per heavy atom. The molecule has 1 N–H and O–H groups in total. The van der Waals surface area contributed by atoms with Crippen LogP contribution in [-0.2, 0) is 6.54 Å². The van der Waals surface area contributed by atoms with Gasteiger partial charge in [-0.15, -0.1) is 0 Å². The molecule has 112 valence electrons. The van der Waals surface area contributed by atoms with Crippen molar-refractivity contribution in [3.05, 3.63) is 24.0 Å². The van der Waals surface area contributed by atoms with Gasteiger partial charge in [0.05, 0.1) is 12.1 Å². The topological polar surface area (TPSA) is 45.5 Å². The summed E-state index contributed by atoms with van der Waals surface area (Å²) in [4.78, 5) is 14.0. The van der Waals surface area contributed by atoms with Crippen molar-refractivity contribution in [3.8, 4) is 0 Å². The van der Waals surface area contributed by atoms with Crippen LogP contribution in [0.5, 0.6) is 0 Å². The molecule has 2 heterocycles. The molecule has 0 radical (unpaired) electrons. The summed E-state index contributed by atoms with van der Waals surface area (Å²) in [6.07, 6.45) is 0.879. The molecule has 4 nitrogen and oxygen atoms in total. The van der Waals surface area contributed by atoms with Crippen LogP contribution in [0.3, 0.4) is 0 Å². The predicted octanol–water partition coefficient (Wildman–Crippen LogP) is 2.13. The Bertz CT molecular complexity index is 471. The first-order valence-corrected chi connectivity index (χ1v) is 6.84. The summed E-state index contributed by atoms with van der Waals surface area (Å²) in [6.45, 7) is 2.29. The monoisotopic (exact) mass is 286 g/mol. The third-order valence-electron chi connectivity index (χ3n) is 3.73. The summed E-state index contributed by atoms with van der Waals surface area (Å²) < 4.78 is 26.2. The fourth-order valence-electron chi connectivity index (χ4n) is 2.54. The minimum atomic E-state index is -2.49. The fourth-order valence-corrected chi connectivity index (χ4v) is 2.54. The minimum Gasteiger partial charge on any atom is -0.390 e. The van der Waals surface area contributed by atoms with E-state index in [4.69, 9.17) is 0 Å². The molecule has 20 heavy (non-hydrogen) atoms. The Morgan fingerprint density at radius 2 is 2.20 bits per heavy atom. The van der Waals surface area contributed by atoms with E-state index in [2.05, 4.69) is 0 Å². The maximum absolute atomic E-state index is 12.5. The number of likely N-dealkylation sites (tertiary alicyclic amines) is 1. The van der Waals surface area contributed by atoms with E-state index in [0.717, 1.165) is 0 Å². The van der Waals surface area contributed by atoms with Gasteiger partial charge in [0.15, 0.2) is 0 Å². The molecule has 1 aliphatic heterocycles. The SMILES string of the molecule is CC1(O)CCCN(C(=O)c2cccn2CC(F)F)CC1. The quantitative estimate of drug-likeness (QED) is 0.925. The number of aliphatic hydroxyl groups is 1. The minimum absolute atomic E-state index is 0.242. The third kappa shape index (κ3) is 3.56. The molecule has 1 amide bonds. The third-order valence-corrected chi connectivity index (χ3v) is 3.73. The van der Waals surface area contributed by atoms with Gasteiger partial charge in [0.25, 0.3) is 12.3 Å². The first-order chi connectivity index (χ1) is 9.39. The van der Waals surface area contributed by atoms with Crippen molar-refractivity contribution in [2.75, 3.05) is 13.1 Å². The molecular formula is C14H20F2N2O2. The zero-order chi connectivity index (χ0) is 14.8. The lowest BCUT2D eigenvalue weighted by Crippen LogP contribution is -2.35. The molecule has 2 rings (SSSR count). The summed E-state index contributed by atoms with van der Waals surface area (Å²) in [5.74, 6) is -0.242. The number of carbonyl (C=O) groups excluding carboxylic acids is 1. The van der Waals surface area contributed by atoms with Crippen LogP contribution in [0.1, 0.15) is 36.7 Å². The average molecular weight is 286 g/mol. The fraction of sp³-hybridized carbons (Fsp3) is 0.643. The molecule has 1 aromatic heterocycles. The molecule has 6 heteroatoms. The number of alkyl halides is 2. The van der Waals surface area contributed by atoms with Gasteiger partial charge in [0, 0.05) is 19.3 Å². The van der Waals surface area contributed by atoms with E-state index in [9.17, 15) is 18.7 Å². The second kappa shape index (κ2) is 5.91. The van der Waals surface area contributed by atoms with Crippen molar-refractivity contribution in [1.82, 2.24) is 9.47 Å². The number of rotatable bonds is 3. The van der Waals surface area contributed by atoms with E-state index in [0.29, 0.717) is 32.4 Å². The Morgan fingerprint density at radius 1 is 1.45 bits per heavy atom. The molecule has 1 aromatic rings. The highest BCUT2D eigenvalue weighted by Gasteiger charge is 2.28. The van der Waals surface area contributed by atoms with Crippen molar-refractivity contribution >= 4 is 5.91 Å². The Labute approximate surface area is 117 Å². The van der Waals surface area contributed by atoms with E-state index < -0.39 is 18.6 Å². The van der Waals surface area contributed by atoms with Crippen LogP contribution in [-0.4, -0.2) is 45.6 Å². The lowest BCUT2D eigenvalue weighted by molar-refractivity contribution is 0.0436. The van der Waals surface area contributed by atoms with Crippen LogP contribution >= 0.6 is 0 Å². The van der Waals surface area contributed by atoms with E-state index >= 15 is 0 Å². The molecule has 0 spiro atoms. The van der Waals surface area contributed by atoms with Gasteiger partial charge < -0.3 is 14.6 Å². The second-order valence-electron chi connectivity index (χ2n) is 5.58. The number of hydrogen-bond donors (Lipinski definition) is 1. The van der Waals surface area contributed by atoms with Gasteiger partial charge in [0.2, 0.25) is 0 Å². The van der Waals surface area contributed by atoms with Crippen LogP contribution < -0.4 is 0 Å². The zero-order valence-electron chi connectivity index (χ0n) is 11.6. The lowest BCUT2D eigenvalue weighted by Gasteiger charge is -2.23. The first kappa shape index (κ1) is 15.0.